The molecule has 0 radical (unpaired) electrons. The summed E-state index contributed by atoms with van der Waals surface area (Å²) in [6, 6.07) is 5.76. The predicted molar refractivity (Wildman–Crippen MR) is 64.2 cm³/mol. The summed E-state index contributed by atoms with van der Waals surface area (Å²) in [5, 5.41) is 11.4. The lowest BCUT2D eigenvalue weighted by Gasteiger charge is -2.15. The summed E-state index contributed by atoms with van der Waals surface area (Å²) < 4.78 is 12.7. The van der Waals surface area contributed by atoms with Crippen molar-refractivity contribution in [3.8, 4) is 0 Å². The minimum atomic E-state index is -1.00. The molecular weight excluding hydrogens is 237 g/mol. The van der Waals surface area contributed by atoms with E-state index >= 15 is 0 Å². The highest BCUT2D eigenvalue weighted by Crippen LogP contribution is 2.11. The Bertz CT molecular complexity index is 430. The first-order valence-electron chi connectivity index (χ1n) is 5.66. The summed E-state index contributed by atoms with van der Waals surface area (Å²) >= 11 is 0. The topological polar surface area (TPSA) is 66.4 Å². The Morgan fingerprint density at radius 2 is 1.78 bits per heavy atom. The fourth-order valence-corrected chi connectivity index (χ4v) is 1.39. The van der Waals surface area contributed by atoms with Crippen LogP contribution >= 0.6 is 0 Å². The highest BCUT2D eigenvalue weighted by molar-refractivity contribution is 5.84. The van der Waals surface area contributed by atoms with Crippen LogP contribution in [0.5, 0.6) is 0 Å². The highest BCUT2D eigenvalue weighted by atomic mass is 19.1. The molecule has 1 rings (SSSR count). The van der Waals surface area contributed by atoms with Gasteiger partial charge in [-0.15, -0.1) is 0 Å². The summed E-state index contributed by atoms with van der Waals surface area (Å²) in [5.74, 6) is -3.01. The lowest BCUT2D eigenvalue weighted by atomic mass is 9.95. The summed E-state index contributed by atoms with van der Waals surface area (Å²) in [7, 11) is 0. The van der Waals surface area contributed by atoms with Crippen LogP contribution in [0.15, 0.2) is 24.3 Å². The van der Waals surface area contributed by atoms with Gasteiger partial charge in [-0.05, 0) is 17.7 Å². The molecule has 1 aromatic rings. The van der Waals surface area contributed by atoms with E-state index in [2.05, 4.69) is 5.32 Å². The molecule has 0 aliphatic carbocycles. The summed E-state index contributed by atoms with van der Waals surface area (Å²) in [6.07, 6.45) is 0. The van der Waals surface area contributed by atoms with E-state index in [0.29, 0.717) is 0 Å². The van der Waals surface area contributed by atoms with Crippen molar-refractivity contribution >= 4 is 11.9 Å². The van der Waals surface area contributed by atoms with Crippen LogP contribution < -0.4 is 5.32 Å². The fourth-order valence-electron chi connectivity index (χ4n) is 1.39. The van der Waals surface area contributed by atoms with Crippen LogP contribution in [-0.4, -0.2) is 17.0 Å². The molecule has 0 aliphatic rings. The number of hydrogen-bond acceptors (Lipinski definition) is 2. The normalized spacial score (nSPS) is 13.7. The summed E-state index contributed by atoms with van der Waals surface area (Å²) in [6.45, 7) is 3.32. The molecule has 0 bridgehead atoms. The Morgan fingerprint density at radius 1 is 1.22 bits per heavy atom. The van der Waals surface area contributed by atoms with Gasteiger partial charge in [0.15, 0.2) is 0 Å². The van der Waals surface area contributed by atoms with E-state index in [-0.39, 0.29) is 18.3 Å². The number of nitrogens with one attached hydrogen (secondary N) is 1. The van der Waals surface area contributed by atoms with Crippen molar-refractivity contribution in [2.75, 3.05) is 0 Å². The summed E-state index contributed by atoms with van der Waals surface area (Å²) in [5.41, 5.74) is 0.764. The van der Waals surface area contributed by atoms with Gasteiger partial charge in [0, 0.05) is 12.5 Å². The maximum absolute atomic E-state index is 12.7. The van der Waals surface area contributed by atoms with Gasteiger partial charge >= 0.3 is 5.97 Å². The Balaban J connectivity index is 2.50. The number of carbonyl (C=O) groups excluding carboxylic acids is 1. The van der Waals surface area contributed by atoms with Crippen molar-refractivity contribution in [1.29, 1.82) is 0 Å². The first-order chi connectivity index (χ1) is 8.41. The Kier molecular flexibility index (Phi) is 4.83. The molecule has 0 fully saturated rings. The van der Waals surface area contributed by atoms with Crippen LogP contribution in [0.3, 0.4) is 0 Å². The first kappa shape index (κ1) is 14.2. The molecule has 2 N–H and O–H groups in total. The van der Waals surface area contributed by atoms with Gasteiger partial charge in [-0.2, -0.15) is 0 Å². The maximum atomic E-state index is 12.7. The molecule has 0 saturated carbocycles. The number of carboxylic acid groups (broad SMARTS) is 1. The number of rotatable bonds is 5. The molecule has 0 aliphatic heterocycles. The second-order valence-electron chi connectivity index (χ2n) is 4.26. The average molecular weight is 253 g/mol. The van der Waals surface area contributed by atoms with E-state index in [9.17, 15) is 14.0 Å². The Labute approximate surface area is 105 Å². The molecule has 98 valence electrons. The second kappa shape index (κ2) is 6.14. The molecular formula is C13H16FNO3. The predicted octanol–water partition coefficient (Wildman–Crippen LogP) is 1.80. The standard InChI is InChI=1S/C13H16FNO3/c1-8(9(2)13(17)18)12(16)15-7-10-3-5-11(14)6-4-10/h3-6,8-9H,7H2,1-2H3,(H,15,16)(H,17,18). The zero-order chi connectivity index (χ0) is 13.7. The van der Waals surface area contributed by atoms with Crippen molar-refractivity contribution in [2.24, 2.45) is 11.8 Å². The number of carboxylic acids is 1. The van der Waals surface area contributed by atoms with E-state index in [4.69, 9.17) is 5.11 Å². The van der Waals surface area contributed by atoms with Gasteiger partial charge < -0.3 is 10.4 Å². The number of amides is 1. The van der Waals surface area contributed by atoms with Crippen LogP contribution in [-0.2, 0) is 16.1 Å². The molecule has 0 spiro atoms. The molecule has 1 aromatic carbocycles. The second-order valence-corrected chi connectivity index (χ2v) is 4.26. The van der Waals surface area contributed by atoms with Gasteiger partial charge in [0.25, 0.3) is 0 Å². The van der Waals surface area contributed by atoms with Crippen molar-refractivity contribution < 1.29 is 19.1 Å². The third-order valence-electron chi connectivity index (χ3n) is 2.93. The zero-order valence-electron chi connectivity index (χ0n) is 10.3. The first-order valence-corrected chi connectivity index (χ1v) is 5.66. The van der Waals surface area contributed by atoms with Gasteiger partial charge in [0.05, 0.1) is 5.92 Å². The molecule has 0 saturated heterocycles. The smallest absolute Gasteiger partial charge is 0.307 e. The Morgan fingerprint density at radius 3 is 2.28 bits per heavy atom. The molecule has 1 amide bonds. The third-order valence-corrected chi connectivity index (χ3v) is 2.93. The third kappa shape index (κ3) is 3.84. The molecule has 18 heavy (non-hydrogen) atoms. The molecule has 2 unspecified atom stereocenters. The van der Waals surface area contributed by atoms with Gasteiger partial charge in [-0.25, -0.2) is 4.39 Å². The van der Waals surface area contributed by atoms with Gasteiger partial charge in [0.2, 0.25) is 5.91 Å². The number of hydrogen-bond donors (Lipinski definition) is 2. The summed E-state index contributed by atoms with van der Waals surface area (Å²) in [4.78, 5) is 22.4. The molecule has 0 aromatic heterocycles. The number of carbonyl (C=O) groups is 2. The van der Waals surface area contributed by atoms with Crippen LogP contribution in [0.25, 0.3) is 0 Å². The van der Waals surface area contributed by atoms with Gasteiger partial charge in [-0.1, -0.05) is 26.0 Å². The zero-order valence-corrected chi connectivity index (χ0v) is 10.3. The van der Waals surface area contributed by atoms with Crippen molar-refractivity contribution in [2.45, 2.75) is 20.4 Å². The highest BCUT2D eigenvalue weighted by Gasteiger charge is 2.25. The van der Waals surface area contributed by atoms with E-state index in [1.807, 2.05) is 0 Å². The molecule has 0 heterocycles. The Hall–Kier alpha value is -1.91. The maximum Gasteiger partial charge on any atom is 0.307 e. The van der Waals surface area contributed by atoms with Crippen molar-refractivity contribution in [3.63, 3.8) is 0 Å². The van der Waals surface area contributed by atoms with E-state index in [0.717, 1.165) is 5.56 Å². The van der Waals surface area contributed by atoms with Crippen LogP contribution in [0.2, 0.25) is 0 Å². The molecule has 2 atom stereocenters. The van der Waals surface area contributed by atoms with Gasteiger partial charge in [0.1, 0.15) is 5.82 Å². The number of benzene rings is 1. The van der Waals surface area contributed by atoms with Crippen molar-refractivity contribution in [1.82, 2.24) is 5.32 Å². The monoisotopic (exact) mass is 253 g/mol. The van der Waals surface area contributed by atoms with Gasteiger partial charge in [-0.3, -0.25) is 9.59 Å². The SMILES string of the molecule is CC(C(=O)O)C(C)C(=O)NCc1ccc(F)cc1. The lowest BCUT2D eigenvalue weighted by molar-refractivity contribution is -0.146. The van der Waals surface area contributed by atoms with E-state index < -0.39 is 17.8 Å². The average Bonchev–Trinajstić information content (AvgIpc) is 2.35. The van der Waals surface area contributed by atoms with E-state index in [1.165, 1.54) is 19.1 Å². The minimum Gasteiger partial charge on any atom is -0.481 e. The van der Waals surface area contributed by atoms with Crippen molar-refractivity contribution in [3.05, 3.63) is 35.6 Å². The molecule has 4 nitrogen and oxygen atoms in total. The quantitative estimate of drug-likeness (QED) is 0.840. The largest absolute Gasteiger partial charge is 0.481 e. The van der Waals surface area contributed by atoms with Crippen LogP contribution in [0, 0.1) is 17.7 Å². The van der Waals surface area contributed by atoms with E-state index in [1.54, 1.807) is 19.1 Å². The number of halogens is 1. The lowest BCUT2D eigenvalue weighted by Crippen LogP contribution is -2.34. The minimum absolute atomic E-state index is 0.260. The molecule has 5 heteroatoms. The van der Waals surface area contributed by atoms with Crippen LogP contribution in [0.1, 0.15) is 19.4 Å². The fraction of sp³-hybridized carbons (Fsp3) is 0.385. The van der Waals surface area contributed by atoms with Crippen LogP contribution in [0.4, 0.5) is 4.39 Å². The number of aliphatic carboxylic acids is 1.